The van der Waals surface area contributed by atoms with Gasteiger partial charge in [0.1, 0.15) is 6.10 Å². The lowest BCUT2D eigenvalue weighted by Crippen LogP contribution is -2.25. The zero-order valence-electron chi connectivity index (χ0n) is 12.2. The minimum absolute atomic E-state index is 0. The molecule has 1 atom stereocenters. The van der Waals surface area contributed by atoms with Crippen LogP contribution in [0.25, 0.3) is 0 Å². The van der Waals surface area contributed by atoms with E-state index in [2.05, 4.69) is 5.32 Å². The summed E-state index contributed by atoms with van der Waals surface area (Å²) in [5.74, 6) is 0. The maximum Gasteiger partial charge on any atom is 0.416 e. The van der Waals surface area contributed by atoms with Crippen molar-refractivity contribution in [2.45, 2.75) is 25.2 Å². The number of halogens is 4. The molecule has 3 rings (SSSR count). The van der Waals surface area contributed by atoms with Gasteiger partial charge in [-0.15, -0.1) is 12.4 Å². The maximum absolute atomic E-state index is 12.6. The van der Waals surface area contributed by atoms with Gasteiger partial charge in [-0.25, -0.2) is 0 Å². The van der Waals surface area contributed by atoms with E-state index in [0.717, 1.165) is 48.3 Å². The normalized spacial score (nSPS) is 15.5. The summed E-state index contributed by atoms with van der Waals surface area (Å²) in [4.78, 5) is 0. The van der Waals surface area contributed by atoms with Crippen LogP contribution in [-0.2, 0) is 19.1 Å². The molecule has 0 spiro atoms. The Morgan fingerprint density at radius 2 is 1.74 bits per heavy atom. The van der Waals surface area contributed by atoms with Gasteiger partial charge in [-0.05, 0) is 47.4 Å². The Bertz CT molecular complexity index is 671. The molecule has 0 amide bonds. The molecule has 23 heavy (non-hydrogen) atoms. The molecule has 0 radical (unpaired) electrons. The average Bonchev–Trinajstić information content (AvgIpc) is 2.53. The Morgan fingerprint density at radius 3 is 2.39 bits per heavy atom. The minimum atomic E-state index is -4.36. The molecule has 1 aliphatic heterocycles. The minimum Gasteiger partial charge on any atom is -0.384 e. The second-order valence-electron chi connectivity index (χ2n) is 5.43. The van der Waals surface area contributed by atoms with Crippen LogP contribution in [-0.4, -0.2) is 11.7 Å². The molecule has 0 aromatic heterocycles. The second-order valence-corrected chi connectivity index (χ2v) is 5.43. The molecule has 2 aromatic carbocycles. The van der Waals surface area contributed by atoms with Gasteiger partial charge in [0.15, 0.2) is 0 Å². The van der Waals surface area contributed by atoms with Gasteiger partial charge in [-0.3, -0.25) is 0 Å². The first-order valence-corrected chi connectivity index (χ1v) is 7.13. The number of nitrogens with one attached hydrogen (secondary N) is 1. The van der Waals surface area contributed by atoms with E-state index in [-0.39, 0.29) is 12.4 Å². The fourth-order valence-electron chi connectivity index (χ4n) is 2.85. The van der Waals surface area contributed by atoms with Crippen molar-refractivity contribution in [1.29, 1.82) is 0 Å². The van der Waals surface area contributed by atoms with Crippen LogP contribution in [0.2, 0.25) is 0 Å². The molecule has 2 aromatic rings. The lowest BCUT2D eigenvalue weighted by Gasteiger charge is -2.23. The zero-order chi connectivity index (χ0) is 15.7. The van der Waals surface area contributed by atoms with Gasteiger partial charge in [-0.1, -0.05) is 30.3 Å². The van der Waals surface area contributed by atoms with Crippen molar-refractivity contribution in [2.75, 3.05) is 6.54 Å². The number of aliphatic hydroxyl groups is 1. The molecular formula is C17H17ClF3NO. The van der Waals surface area contributed by atoms with Crippen LogP contribution >= 0.6 is 12.4 Å². The summed E-state index contributed by atoms with van der Waals surface area (Å²) in [5.41, 5.74) is 2.77. The molecule has 0 saturated carbocycles. The van der Waals surface area contributed by atoms with E-state index in [1.54, 1.807) is 0 Å². The highest BCUT2D eigenvalue weighted by Gasteiger charge is 2.30. The number of hydrogen-bond acceptors (Lipinski definition) is 2. The molecule has 6 heteroatoms. The molecule has 1 unspecified atom stereocenters. The first-order valence-electron chi connectivity index (χ1n) is 7.13. The summed E-state index contributed by atoms with van der Waals surface area (Å²) in [5, 5.41) is 13.8. The van der Waals surface area contributed by atoms with Crippen LogP contribution in [0.1, 0.15) is 33.9 Å². The van der Waals surface area contributed by atoms with E-state index in [9.17, 15) is 18.3 Å². The lowest BCUT2D eigenvalue weighted by molar-refractivity contribution is -0.137. The van der Waals surface area contributed by atoms with E-state index in [4.69, 9.17) is 0 Å². The lowest BCUT2D eigenvalue weighted by atomic mass is 9.90. The van der Waals surface area contributed by atoms with E-state index >= 15 is 0 Å². The molecule has 0 aliphatic carbocycles. The fraction of sp³-hybridized carbons (Fsp3) is 0.294. The molecule has 1 aliphatic rings. The molecule has 0 saturated heterocycles. The number of fused-ring (bicyclic) bond motifs is 1. The third-order valence-electron chi connectivity index (χ3n) is 4.02. The summed E-state index contributed by atoms with van der Waals surface area (Å²) in [6.07, 6.45) is -4.46. The van der Waals surface area contributed by atoms with Crippen LogP contribution in [0.15, 0.2) is 42.5 Å². The summed E-state index contributed by atoms with van der Waals surface area (Å²) < 4.78 is 37.8. The van der Waals surface area contributed by atoms with E-state index in [1.807, 2.05) is 18.2 Å². The Labute approximate surface area is 138 Å². The van der Waals surface area contributed by atoms with Gasteiger partial charge in [0.05, 0.1) is 5.56 Å². The van der Waals surface area contributed by atoms with Gasteiger partial charge >= 0.3 is 6.18 Å². The Hall–Kier alpha value is -1.56. The topological polar surface area (TPSA) is 32.3 Å². The molecule has 0 bridgehead atoms. The summed E-state index contributed by atoms with van der Waals surface area (Å²) >= 11 is 0. The molecule has 2 N–H and O–H groups in total. The molecule has 124 valence electrons. The van der Waals surface area contributed by atoms with Gasteiger partial charge in [0, 0.05) is 6.54 Å². The number of aliphatic hydroxyl groups excluding tert-OH is 1. The van der Waals surface area contributed by atoms with Crippen LogP contribution in [0.4, 0.5) is 13.2 Å². The Balaban J connectivity index is 0.00000192. The summed E-state index contributed by atoms with van der Waals surface area (Å²) in [6.45, 7) is 1.59. The smallest absolute Gasteiger partial charge is 0.384 e. The van der Waals surface area contributed by atoms with Crippen LogP contribution in [0.5, 0.6) is 0 Å². The zero-order valence-corrected chi connectivity index (χ0v) is 13.0. The monoisotopic (exact) mass is 343 g/mol. The number of hydrogen-bond donors (Lipinski definition) is 2. The fourth-order valence-corrected chi connectivity index (χ4v) is 2.85. The number of alkyl halides is 3. The summed E-state index contributed by atoms with van der Waals surface area (Å²) in [6, 6.07) is 10.4. The molecule has 0 fully saturated rings. The second kappa shape index (κ2) is 6.91. The largest absolute Gasteiger partial charge is 0.416 e. The standard InChI is InChI=1S/C17H16F3NO.ClH/c18-17(19,20)13-6-4-11(5-7-13)16(22)15-3-1-2-12-10-21-9-8-14(12)15;/h1-7,16,21-22H,8-10H2;1H. The van der Waals surface area contributed by atoms with Crippen molar-refractivity contribution in [2.24, 2.45) is 0 Å². The predicted octanol–water partition coefficient (Wildman–Crippen LogP) is 3.85. The van der Waals surface area contributed by atoms with Crippen LogP contribution < -0.4 is 5.32 Å². The van der Waals surface area contributed by atoms with Gasteiger partial charge in [-0.2, -0.15) is 13.2 Å². The molecule has 1 heterocycles. The SMILES string of the molecule is Cl.OC(c1ccc(C(F)(F)F)cc1)c1cccc2c1CCNC2. The first kappa shape index (κ1) is 17.8. The van der Waals surface area contributed by atoms with Crippen LogP contribution in [0, 0.1) is 0 Å². The van der Waals surface area contributed by atoms with Gasteiger partial charge in [0.2, 0.25) is 0 Å². The van der Waals surface area contributed by atoms with Gasteiger partial charge in [0.25, 0.3) is 0 Å². The predicted molar refractivity (Wildman–Crippen MR) is 84.6 cm³/mol. The maximum atomic E-state index is 12.6. The first-order chi connectivity index (χ1) is 10.5. The third-order valence-corrected chi connectivity index (χ3v) is 4.02. The van der Waals surface area contributed by atoms with Crippen molar-refractivity contribution in [3.05, 3.63) is 70.3 Å². The Kier molecular flexibility index (Phi) is 5.34. The number of rotatable bonds is 2. The van der Waals surface area contributed by atoms with Crippen molar-refractivity contribution >= 4 is 12.4 Å². The highest BCUT2D eigenvalue weighted by atomic mass is 35.5. The van der Waals surface area contributed by atoms with Crippen molar-refractivity contribution in [3.8, 4) is 0 Å². The van der Waals surface area contributed by atoms with Crippen molar-refractivity contribution in [1.82, 2.24) is 5.32 Å². The van der Waals surface area contributed by atoms with E-state index in [0.29, 0.717) is 5.56 Å². The van der Waals surface area contributed by atoms with Crippen molar-refractivity contribution in [3.63, 3.8) is 0 Å². The summed E-state index contributed by atoms with van der Waals surface area (Å²) in [7, 11) is 0. The highest BCUT2D eigenvalue weighted by molar-refractivity contribution is 5.85. The van der Waals surface area contributed by atoms with E-state index in [1.165, 1.54) is 12.1 Å². The molecule has 2 nitrogen and oxygen atoms in total. The average molecular weight is 344 g/mol. The van der Waals surface area contributed by atoms with Gasteiger partial charge < -0.3 is 10.4 Å². The quantitative estimate of drug-likeness (QED) is 0.868. The molecular weight excluding hydrogens is 327 g/mol. The Morgan fingerprint density at radius 1 is 1.04 bits per heavy atom. The third kappa shape index (κ3) is 3.68. The number of benzene rings is 2. The van der Waals surface area contributed by atoms with E-state index < -0.39 is 17.8 Å². The van der Waals surface area contributed by atoms with Crippen molar-refractivity contribution < 1.29 is 18.3 Å². The highest BCUT2D eigenvalue weighted by Crippen LogP contribution is 2.32. The van der Waals surface area contributed by atoms with Crippen LogP contribution in [0.3, 0.4) is 0 Å².